The van der Waals surface area contributed by atoms with Gasteiger partial charge in [0.1, 0.15) is 18.0 Å². The molecule has 25 heavy (non-hydrogen) atoms. The topological polar surface area (TPSA) is 81.2 Å². The summed E-state index contributed by atoms with van der Waals surface area (Å²) in [6.07, 6.45) is 5.12. The lowest BCUT2D eigenvalue weighted by Gasteiger charge is -2.09. The molecule has 0 spiro atoms. The van der Waals surface area contributed by atoms with Crippen LogP contribution in [0.4, 0.5) is 11.6 Å². The van der Waals surface area contributed by atoms with E-state index in [1.54, 1.807) is 6.20 Å². The van der Waals surface area contributed by atoms with Gasteiger partial charge in [-0.05, 0) is 29.3 Å². The first kappa shape index (κ1) is 15.2. The lowest BCUT2D eigenvalue weighted by atomic mass is 10.2. The average molecular weight is 335 g/mol. The molecule has 2 aromatic heterocycles. The number of nitrogens with zero attached hydrogens (tertiary/aromatic N) is 3. The number of anilines is 2. The molecule has 0 amide bonds. The number of pyridine rings is 1. The molecule has 0 unspecified atom stereocenters. The van der Waals surface area contributed by atoms with Crippen molar-refractivity contribution in [2.75, 3.05) is 17.4 Å². The van der Waals surface area contributed by atoms with E-state index in [2.05, 4.69) is 25.6 Å². The largest absolute Gasteiger partial charge is 0.454 e. The quantitative estimate of drug-likeness (QED) is 0.717. The maximum atomic E-state index is 5.39. The van der Waals surface area contributed by atoms with Gasteiger partial charge in [-0.1, -0.05) is 12.1 Å². The van der Waals surface area contributed by atoms with Gasteiger partial charge in [0.15, 0.2) is 11.5 Å². The summed E-state index contributed by atoms with van der Waals surface area (Å²) in [5.74, 6) is 3.07. The van der Waals surface area contributed by atoms with Crippen LogP contribution in [0.25, 0.3) is 0 Å². The molecule has 0 fully saturated rings. The van der Waals surface area contributed by atoms with Crippen molar-refractivity contribution < 1.29 is 9.47 Å². The summed E-state index contributed by atoms with van der Waals surface area (Å²) in [7, 11) is 0. The summed E-state index contributed by atoms with van der Waals surface area (Å²) in [5.41, 5.74) is 2.18. The van der Waals surface area contributed by atoms with Gasteiger partial charge in [0.2, 0.25) is 6.79 Å². The van der Waals surface area contributed by atoms with Gasteiger partial charge in [0, 0.05) is 31.5 Å². The highest BCUT2D eigenvalue weighted by Crippen LogP contribution is 2.32. The van der Waals surface area contributed by atoms with Crippen molar-refractivity contribution in [1.82, 2.24) is 15.0 Å². The molecule has 1 aliphatic heterocycles. The molecule has 0 saturated heterocycles. The van der Waals surface area contributed by atoms with Crippen molar-refractivity contribution in [1.29, 1.82) is 0 Å². The zero-order chi connectivity index (χ0) is 16.9. The SMILES string of the molecule is c1cncc(CNc2cc(NCc3ccc4c(c3)OCO4)ncn2)c1. The highest BCUT2D eigenvalue weighted by molar-refractivity contribution is 5.48. The van der Waals surface area contributed by atoms with E-state index in [0.29, 0.717) is 13.1 Å². The Morgan fingerprint density at radius 1 is 0.880 bits per heavy atom. The second-order valence-corrected chi connectivity index (χ2v) is 5.54. The van der Waals surface area contributed by atoms with Gasteiger partial charge in [0.25, 0.3) is 0 Å². The van der Waals surface area contributed by atoms with Gasteiger partial charge < -0.3 is 20.1 Å². The molecule has 126 valence electrons. The third-order valence-corrected chi connectivity index (χ3v) is 3.77. The van der Waals surface area contributed by atoms with E-state index >= 15 is 0 Å². The van der Waals surface area contributed by atoms with Crippen LogP contribution in [0.15, 0.2) is 55.1 Å². The van der Waals surface area contributed by atoms with Crippen LogP contribution in [0.3, 0.4) is 0 Å². The van der Waals surface area contributed by atoms with E-state index < -0.39 is 0 Å². The number of hydrogen-bond donors (Lipinski definition) is 2. The Morgan fingerprint density at radius 3 is 2.48 bits per heavy atom. The van der Waals surface area contributed by atoms with E-state index in [4.69, 9.17) is 9.47 Å². The Kier molecular flexibility index (Phi) is 4.28. The molecule has 3 heterocycles. The minimum atomic E-state index is 0.282. The molecule has 1 aromatic carbocycles. The summed E-state index contributed by atoms with van der Waals surface area (Å²) < 4.78 is 10.7. The second-order valence-electron chi connectivity index (χ2n) is 5.54. The first-order chi connectivity index (χ1) is 12.4. The molecule has 3 aromatic rings. The zero-order valence-electron chi connectivity index (χ0n) is 13.5. The van der Waals surface area contributed by atoms with Crippen molar-refractivity contribution in [3.05, 3.63) is 66.2 Å². The Bertz CT molecular complexity index is 857. The third-order valence-electron chi connectivity index (χ3n) is 3.77. The monoisotopic (exact) mass is 335 g/mol. The van der Waals surface area contributed by atoms with Crippen LogP contribution in [-0.2, 0) is 13.1 Å². The molecule has 0 aliphatic carbocycles. The van der Waals surface area contributed by atoms with Crippen LogP contribution in [0.5, 0.6) is 11.5 Å². The summed E-state index contributed by atoms with van der Waals surface area (Å²) in [6.45, 7) is 1.58. The first-order valence-electron chi connectivity index (χ1n) is 7.94. The molecular weight excluding hydrogens is 318 g/mol. The van der Waals surface area contributed by atoms with Crippen molar-refractivity contribution >= 4 is 11.6 Å². The van der Waals surface area contributed by atoms with Crippen LogP contribution >= 0.6 is 0 Å². The van der Waals surface area contributed by atoms with Crippen molar-refractivity contribution in [3.63, 3.8) is 0 Å². The highest BCUT2D eigenvalue weighted by Gasteiger charge is 2.13. The van der Waals surface area contributed by atoms with Crippen LogP contribution < -0.4 is 20.1 Å². The molecule has 0 bridgehead atoms. The summed E-state index contributed by atoms with van der Waals surface area (Å²) >= 11 is 0. The number of nitrogens with one attached hydrogen (secondary N) is 2. The fourth-order valence-electron chi connectivity index (χ4n) is 2.49. The number of hydrogen-bond acceptors (Lipinski definition) is 7. The van der Waals surface area contributed by atoms with E-state index in [9.17, 15) is 0 Å². The molecule has 1 aliphatic rings. The fraction of sp³-hybridized carbons (Fsp3) is 0.167. The maximum Gasteiger partial charge on any atom is 0.231 e. The molecule has 4 rings (SSSR count). The molecule has 2 N–H and O–H groups in total. The number of aromatic nitrogens is 3. The predicted octanol–water partition coefficient (Wildman–Crippen LogP) is 2.82. The van der Waals surface area contributed by atoms with Gasteiger partial charge >= 0.3 is 0 Å². The molecule has 0 atom stereocenters. The summed E-state index contributed by atoms with van der Waals surface area (Å²) in [4.78, 5) is 12.6. The summed E-state index contributed by atoms with van der Waals surface area (Å²) in [5, 5.41) is 6.56. The Hall–Kier alpha value is -3.35. The van der Waals surface area contributed by atoms with Crippen LogP contribution in [0, 0.1) is 0 Å². The van der Waals surface area contributed by atoms with Crippen molar-refractivity contribution in [2.45, 2.75) is 13.1 Å². The molecular formula is C18H17N5O2. The van der Waals surface area contributed by atoms with Gasteiger partial charge in [-0.25, -0.2) is 9.97 Å². The average Bonchev–Trinajstić information content (AvgIpc) is 3.14. The van der Waals surface area contributed by atoms with Gasteiger partial charge in [0.05, 0.1) is 0 Å². The van der Waals surface area contributed by atoms with E-state index in [-0.39, 0.29) is 6.79 Å². The summed E-state index contributed by atoms with van der Waals surface area (Å²) in [6, 6.07) is 11.7. The maximum absolute atomic E-state index is 5.39. The highest BCUT2D eigenvalue weighted by atomic mass is 16.7. The molecule has 7 heteroatoms. The van der Waals surface area contributed by atoms with E-state index in [1.165, 1.54) is 6.33 Å². The molecule has 0 radical (unpaired) electrons. The Balaban J connectivity index is 1.36. The van der Waals surface area contributed by atoms with Gasteiger partial charge in [-0.3, -0.25) is 4.98 Å². The van der Waals surface area contributed by atoms with E-state index in [0.717, 1.165) is 34.3 Å². The van der Waals surface area contributed by atoms with Gasteiger partial charge in [-0.15, -0.1) is 0 Å². The van der Waals surface area contributed by atoms with Crippen molar-refractivity contribution in [2.24, 2.45) is 0 Å². The van der Waals surface area contributed by atoms with Crippen molar-refractivity contribution in [3.8, 4) is 11.5 Å². The van der Waals surface area contributed by atoms with Crippen LogP contribution in [-0.4, -0.2) is 21.7 Å². The lowest BCUT2D eigenvalue weighted by Crippen LogP contribution is -2.05. The van der Waals surface area contributed by atoms with E-state index in [1.807, 2.05) is 42.6 Å². The number of benzene rings is 1. The zero-order valence-corrected chi connectivity index (χ0v) is 13.5. The Morgan fingerprint density at radius 2 is 1.68 bits per heavy atom. The van der Waals surface area contributed by atoms with Crippen LogP contribution in [0.2, 0.25) is 0 Å². The standard InChI is InChI=1S/C18H17N5O2/c1-2-14(8-19-5-1)10-21-18-7-17(22-11-23-18)20-9-13-3-4-15-16(6-13)25-12-24-15/h1-8,11H,9-10,12H2,(H2,20,21,22,23). The van der Waals surface area contributed by atoms with Gasteiger partial charge in [-0.2, -0.15) is 0 Å². The van der Waals surface area contributed by atoms with Crippen LogP contribution in [0.1, 0.15) is 11.1 Å². The molecule has 7 nitrogen and oxygen atoms in total. The third kappa shape index (κ3) is 3.77. The first-order valence-corrected chi connectivity index (χ1v) is 7.94. The minimum absolute atomic E-state index is 0.282. The fourth-order valence-corrected chi connectivity index (χ4v) is 2.49. The lowest BCUT2D eigenvalue weighted by molar-refractivity contribution is 0.174. The smallest absolute Gasteiger partial charge is 0.231 e. The Labute approximate surface area is 145 Å². The minimum Gasteiger partial charge on any atom is -0.454 e. The number of rotatable bonds is 6. The molecule has 0 saturated carbocycles. The number of ether oxygens (including phenoxy) is 2. The second kappa shape index (κ2) is 7.04. The number of fused-ring (bicyclic) bond motifs is 1. The predicted molar refractivity (Wildman–Crippen MR) is 93.5 cm³/mol. The normalized spacial score (nSPS) is 12.0.